The van der Waals surface area contributed by atoms with Crippen molar-refractivity contribution in [2.24, 2.45) is 5.73 Å². The summed E-state index contributed by atoms with van der Waals surface area (Å²) in [6.07, 6.45) is 5.15. The van der Waals surface area contributed by atoms with Crippen molar-refractivity contribution < 1.29 is 14.0 Å². The quantitative estimate of drug-likeness (QED) is 0.602. The van der Waals surface area contributed by atoms with Crippen molar-refractivity contribution >= 4 is 23.0 Å². The van der Waals surface area contributed by atoms with Crippen LogP contribution >= 0.6 is 0 Å². The number of nitrogens with one attached hydrogen (secondary N) is 2. The van der Waals surface area contributed by atoms with Crippen molar-refractivity contribution in [3.63, 3.8) is 0 Å². The Morgan fingerprint density at radius 1 is 1.27 bits per heavy atom. The Hall–Kier alpha value is -3.42. The summed E-state index contributed by atoms with van der Waals surface area (Å²) >= 11 is 0. The standard InChI is InChI=1S/C22H24FN5O2/c1-22(23)9-3-4-18(22)27-19-16(20(24)29)11-26-28-12-15(10-17(19)28)13-5-7-14(8-6-13)21(30)25-2/h5-8,10-12,18,27H,3-4,9H2,1-2H3,(H2,24,29)(H,25,30)/t18-,22+/m1/s1. The van der Waals surface area contributed by atoms with E-state index in [0.717, 1.165) is 17.5 Å². The van der Waals surface area contributed by atoms with Crippen LogP contribution in [0.3, 0.4) is 0 Å². The van der Waals surface area contributed by atoms with Crippen molar-refractivity contribution in [2.45, 2.75) is 37.9 Å². The molecule has 4 rings (SSSR count). The molecule has 0 bridgehead atoms. The molecule has 0 spiro atoms. The van der Waals surface area contributed by atoms with E-state index in [4.69, 9.17) is 5.73 Å². The highest BCUT2D eigenvalue weighted by molar-refractivity contribution is 6.02. The summed E-state index contributed by atoms with van der Waals surface area (Å²) in [6, 6.07) is 8.64. The van der Waals surface area contributed by atoms with Crippen LogP contribution in [0, 0.1) is 0 Å². The van der Waals surface area contributed by atoms with Gasteiger partial charge in [0.25, 0.3) is 11.8 Å². The number of carbonyl (C=O) groups excluding carboxylic acids is 2. The zero-order chi connectivity index (χ0) is 21.5. The molecule has 1 saturated carbocycles. The number of halogens is 1. The normalized spacial score (nSPS) is 21.0. The summed E-state index contributed by atoms with van der Waals surface area (Å²) in [5.41, 5.74) is 7.85. The molecule has 2 heterocycles. The van der Waals surface area contributed by atoms with Gasteiger partial charge >= 0.3 is 0 Å². The van der Waals surface area contributed by atoms with Crippen molar-refractivity contribution in [1.29, 1.82) is 0 Å². The second kappa shape index (κ2) is 7.44. The predicted octanol–water partition coefficient (Wildman–Crippen LogP) is 3.15. The largest absolute Gasteiger partial charge is 0.377 e. The number of aromatic nitrogens is 2. The van der Waals surface area contributed by atoms with Gasteiger partial charge in [-0.05, 0) is 49.9 Å². The van der Waals surface area contributed by atoms with Crippen molar-refractivity contribution in [3.8, 4) is 11.1 Å². The summed E-state index contributed by atoms with van der Waals surface area (Å²) in [6.45, 7) is 1.58. The molecule has 1 aliphatic carbocycles. The van der Waals surface area contributed by atoms with Crippen LogP contribution in [0.5, 0.6) is 0 Å². The van der Waals surface area contributed by atoms with Crippen LogP contribution in [0.4, 0.5) is 10.1 Å². The number of fused-ring (bicyclic) bond motifs is 1. The van der Waals surface area contributed by atoms with E-state index in [2.05, 4.69) is 15.7 Å². The average Bonchev–Trinajstić information content (AvgIpc) is 3.30. The lowest BCUT2D eigenvalue weighted by Crippen LogP contribution is -2.36. The Balaban J connectivity index is 1.77. The number of hydrogen-bond acceptors (Lipinski definition) is 4. The number of alkyl halides is 1. The molecule has 8 heteroatoms. The third kappa shape index (κ3) is 3.49. The van der Waals surface area contributed by atoms with Gasteiger partial charge in [0.15, 0.2) is 0 Å². The van der Waals surface area contributed by atoms with Gasteiger partial charge in [-0.25, -0.2) is 8.91 Å². The fraction of sp³-hybridized carbons (Fsp3) is 0.318. The Morgan fingerprint density at radius 2 is 2.00 bits per heavy atom. The minimum atomic E-state index is -1.36. The van der Waals surface area contributed by atoms with E-state index in [1.165, 1.54) is 6.20 Å². The summed E-state index contributed by atoms with van der Waals surface area (Å²) in [5.74, 6) is -0.780. The van der Waals surface area contributed by atoms with Gasteiger partial charge in [0.2, 0.25) is 0 Å². The molecule has 0 unspecified atom stereocenters. The fourth-order valence-corrected chi connectivity index (χ4v) is 4.04. The number of benzene rings is 1. The first-order valence-corrected chi connectivity index (χ1v) is 9.89. The maximum absolute atomic E-state index is 14.9. The molecule has 1 aliphatic rings. The molecule has 1 aromatic carbocycles. The number of carbonyl (C=O) groups is 2. The molecule has 3 aromatic rings. The number of anilines is 1. The maximum atomic E-state index is 14.9. The molecule has 156 valence electrons. The molecule has 30 heavy (non-hydrogen) atoms. The Kier molecular flexibility index (Phi) is 4.93. The van der Waals surface area contributed by atoms with E-state index < -0.39 is 17.6 Å². The summed E-state index contributed by atoms with van der Waals surface area (Å²) in [7, 11) is 1.58. The van der Waals surface area contributed by atoms with Gasteiger partial charge < -0.3 is 16.4 Å². The monoisotopic (exact) mass is 409 g/mol. The molecule has 2 amide bonds. The number of nitrogens with two attached hydrogens (primary N) is 1. The van der Waals surface area contributed by atoms with Gasteiger partial charge in [-0.1, -0.05) is 12.1 Å². The fourth-order valence-electron chi connectivity index (χ4n) is 4.04. The van der Waals surface area contributed by atoms with Crippen LogP contribution in [-0.2, 0) is 0 Å². The minimum Gasteiger partial charge on any atom is -0.377 e. The molecular formula is C22H24FN5O2. The van der Waals surface area contributed by atoms with Crippen LogP contribution in [0.1, 0.15) is 46.9 Å². The van der Waals surface area contributed by atoms with Crippen LogP contribution in [0.25, 0.3) is 16.6 Å². The number of rotatable bonds is 5. The highest BCUT2D eigenvalue weighted by Crippen LogP contribution is 2.37. The molecular weight excluding hydrogens is 385 g/mol. The highest BCUT2D eigenvalue weighted by Gasteiger charge is 2.39. The van der Waals surface area contributed by atoms with Crippen molar-refractivity contribution in [2.75, 3.05) is 12.4 Å². The SMILES string of the molecule is CNC(=O)c1ccc(-c2cc3c(N[C@@H]4CCC[C@]4(C)F)c(C(N)=O)cnn3c2)cc1. The van der Waals surface area contributed by atoms with Gasteiger partial charge in [0, 0.05) is 24.4 Å². The number of amides is 2. The molecule has 0 saturated heterocycles. The second-order valence-corrected chi connectivity index (χ2v) is 7.88. The van der Waals surface area contributed by atoms with Gasteiger partial charge in [-0.3, -0.25) is 9.59 Å². The first kappa shape index (κ1) is 19.9. The van der Waals surface area contributed by atoms with E-state index in [1.807, 2.05) is 24.4 Å². The zero-order valence-corrected chi connectivity index (χ0v) is 16.9. The van der Waals surface area contributed by atoms with E-state index in [-0.39, 0.29) is 11.5 Å². The summed E-state index contributed by atoms with van der Waals surface area (Å²) in [4.78, 5) is 23.8. The third-order valence-corrected chi connectivity index (χ3v) is 5.81. The molecule has 4 N–H and O–H groups in total. The number of primary amides is 1. The topological polar surface area (TPSA) is 102 Å². The second-order valence-electron chi connectivity index (χ2n) is 7.88. The van der Waals surface area contributed by atoms with Gasteiger partial charge in [-0.15, -0.1) is 0 Å². The molecule has 0 aliphatic heterocycles. The first-order valence-electron chi connectivity index (χ1n) is 9.89. The molecule has 2 atom stereocenters. The Bertz CT molecular complexity index is 1120. The van der Waals surface area contributed by atoms with E-state index in [0.29, 0.717) is 29.6 Å². The minimum absolute atomic E-state index is 0.159. The maximum Gasteiger partial charge on any atom is 0.252 e. The zero-order valence-electron chi connectivity index (χ0n) is 16.9. The van der Waals surface area contributed by atoms with Gasteiger partial charge in [-0.2, -0.15) is 5.10 Å². The van der Waals surface area contributed by atoms with Crippen LogP contribution in [0.15, 0.2) is 42.7 Å². The van der Waals surface area contributed by atoms with Crippen molar-refractivity contribution in [3.05, 3.63) is 53.9 Å². The lowest BCUT2D eigenvalue weighted by molar-refractivity contribution is 0.0961. The van der Waals surface area contributed by atoms with E-state index in [1.54, 1.807) is 30.6 Å². The van der Waals surface area contributed by atoms with Crippen molar-refractivity contribution in [1.82, 2.24) is 14.9 Å². The highest BCUT2D eigenvalue weighted by atomic mass is 19.1. The molecule has 7 nitrogen and oxygen atoms in total. The van der Waals surface area contributed by atoms with Crippen LogP contribution in [-0.4, -0.2) is 40.2 Å². The molecule has 1 fully saturated rings. The molecule has 0 radical (unpaired) electrons. The first-order chi connectivity index (χ1) is 14.3. The lowest BCUT2D eigenvalue weighted by atomic mass is 10.0. The Labute approximate surface area is 173 Å². The summed E-state index contributed by atoms with van der Waals surface area (Å²) in [5, 5.41) is 10.1. The lowest BCUT2D eigenvalue weighted by Gasteiger charge is -2.26. The molecule has 2 aromatic heterocycles. The number of hydrogen-bond donors (Lipinski definition) is 3. The Morgan fingerprint density at radius 3 is 2.60 bits per heavy atom. The smallest absolute Gasteiger partial charge is 0.252 e. The van der Waals surface area contributed by atoms with Crippen LogP contribution in [0.2, 0.25) is 0 Å². The summed E-state index contributed by atoms with van der Waals surface area (Å²) < 4.78 is 16.5. The van der Waals surface area contributed by atoms with E-state index >= 15 is 0 Å². The predicted molar refractivity (Wildman–Crippen MR) is 113 cm³/mol. The van der Waals surface area contributed by atoms with Gasteiger partial charge in [0.1, 0.15) is 5.67 Å². The van der Waals surface area contributed by atoms with Gasteiger partial charge in [0.05, 0.1) is 29.0 Å². The van der Waals surface area contributed by atoms with E-state index in [9.17, 15) is 14.0 Å². The average molecular weight is 409 g/mol. The number of nitrogens with zero attached hydrogens (tertiary/aromatic N) is 2. The third-order valence-electron chi connectivity index (χ3n) is 5.81. The van der Waals surface area contributed by atoms with Crippen LogP contribution < -0.4 is 16.4 Å².